The zero-order valence-electron chi connectivity index (χ0n) is 19.5. The van der Waals surface area contributed by atoms with Crippen molar-refractivity contribution in [1.82, 2.24) is 0 Å². The maximum atomic E-state index is 11.7. The maximum absolute atomic E-state index is 11.7. The molecule has 172 valence electrons. The summed E-state index contributed by atoms with van der Waals surface area (Å²) in [4.78, 5) is -0.466. The standard InChI is InChI=1S/C25H36O5S.K/c1-2-3-4-5-6-7-8-9-10-11-12-14-21-15-13-16-23(17-21)30-24-18-22(26)19-25(20-24)31(27,28)29;/h13,15-20,26H,2-12,14H2,1H3,(H,27,28,29);/q;+1/p-1. The van der Waals surface area contributed by atoms with Crippen molar-refractivity contribution in [2.75, 3.05) is 0 Å². The monoisotopic (exact) mass is 486 g/mol. The molecule has 0 amide bonds. The Morgan fingerprint density at radius 1 is 0.812 bits per heavy atom. The first kappa shape index (κ1) is 29.6. The minimum Gasteiger partial charge on any atom is -0.872 e. The summed E-state index contributed by atoms with van der Waals surface area (Å²) in [5.74, 6) is 0.0849. The molecule has 2 aromatic carbocycles. The van der Waals surface area contributed by atoms with Gasteiger partial charge in [0.15, 0.2) is 0 Å². The molecule has 5 nitrogen and oxygen atoms in total. The Labute approximate surface area is 236 Å². The van der Waals surface area contributed by atoms with Gasteiger partial charge in [0, 0.05) is 6.07 Å². The molecule has 0 saturated carbocycles. The topological polar surface area (TPSA) is 86.7 Å². The molecule has 0 aliphatic carbocycles. The third-order valence-corrected chi connectivity index (χ3v) is 6.19. The summed E-state index contributed by atoms with van der Waals surface area (Å²) in [6.45, 7) is 2.25. The van der Waals surface area contributed by atoms with Gasteiger partial charge in [-0.2, -0.15) is 8.42 Å². The van der Waals surface area contributed by atoms with E-state index in [2.05, 4.69) is 6.92 Å². The predicted octanol–water partition coefficient (Wildman–Crippen LogP) is 3.66. The van der Waals surface area contributed by atoms with Crippen LogP contribution < -0.4 is 61.2 Å². The van der Waals surface area contributed by atoms with Crippen LogP contribution in [0.15, 0.2) is 47.4 Å². The van der Waals surface area contributed by atoms with Gasteiger partial charge in [0.2, 0.25) is 0 Å². The van der Waals surface area contributed by atoms with Gasteiger partial charge in [-0.05, 0) is 42.7 Å². The fraction of sp³-hybridized carbons (Fsp3) is 0.520. The summed E-state index contributed by atoms with van der Waals surface area (Å²) in [5.41, 5.74) is 1.14. The Balaban J connectivity index is 0.00000512. The summed E-state index contributed by atoms with van der Waals surface area (Å²) in [6.07, 6.45) is 15.3. The average Bonchev–Trinajstić information content (AvgIpc) is 2.71. The van der Waals surface area contributed by atoms with Crippen molar-refractivity contribution in [2.45, 2.75) is 88.9 Å². The van der Waals surface area contributed by atoms with Crippen LogP contribution in [0.2, 0.25) is 0 Å². The van der Waals surface area contributed by atoms with E-state index in [0.29, 0.717) is 5.75 Å². The molecule has 0 radical (unpaired) electrons. The number of hydrogen-bond acceptors (Lipinski definition) is 4. The summed E-state index contributed by atoms with van der Waals surface area (Å²) in [5, 5.41) is 11.7. The van der Waals surface area contributed by atoms with Crippen LogP contribution in [0.25, 0.3) is 0 Å². The first-order chi connectivity index (χ1) is 14.9. The van der Waals surface area contributed by atoms with E-state index in [1.165, 1.54) is 70.3 Å². The molecule has 2 aromatic rings. The Morgan fingerprint density at radius 3 is 2.00 bits per heavy atom. The van der Waals surface area contributed by atoms with Crippen molar-refractivity contribution in [3.8, 4) is 17.2 Å². The van der Waals surface area contributed by atoms with E-state index >= 15 is 0 Å². The molecule has 0 atom stereocenters. The average molecular weight is 487 g/mol. The van der Waals surface area contributed by atoms with E-state index in [0.717, 1.165) is 30.5 Å². The third kappa shape index (κ3) is 12.2. The molecule has 0 bridgehead atoms. The van der Waals surface area contributed by atoms with Gasteiger partial charge in [0.25, 0.3) is 10.1 Å². The van der Waals surface area contributed by atoms with Crippen molar-refractivity contribution < 1.29 is 74.2 Å². The Bertz CT molecular complexity index is 899. The summed E-state index contributed by atoms with van der Waals surface area (Å²) >= 11 is 0. The first-order valence-corrected chi connectivity index (χ1v) is 12.9. The Hall–Kier alpha value is -0.414. The van der Waals surface area contributed by atoms with Gasteiger partial charge >= 0.3 is 51.4 Å². The van der Waals surface area contributed by atoms with Crippen LogP contribution >= 0.6 is 0 Å². The SMILES string of the molecule is CCCCCCCCCCCCCc1cccc(Oc2cc([O-])cc(S(=O)(=O)O)c2)c1.[K+]. The zero-order valence-corrected chi connectivity index (χ0v) is 23.5. The van der Waals surface area contributed by atoms with Crippen LogP contribution in [0.5, 0.6) is 17.2 Å². The van der Waals surface area contributed by atoms with Crippen LogP contribution in [-0.4, -0.2) is 13.0 Å². The smallest absolute Gasteiger partial charge is 0.872 e. The number of hydrogen-bond donors (Lipinski definition) is 1. The second kappa shape index (κ2) is 16.3. The molecule has 0 aliphatic rings. The molecule has 0 aliphatic heterocycles. The van der Waals surface area contributed by atoms with E-state index in [1.54, 1.807) is 6.07 Å². The van der Waals surface area contributed by atoms with E-state index in [1.807, 2.05) is 18.2 Å². The fourth-order valence-corrected chi connectivity index (χ4v) is 4.18. The molecule has 32 heavy (non-hydrogen) atoms. The Kier molecular flexibility index (Phi) is 15.0. The molecule has 0 aromatic heterocycles. The second-order valence-electron chi connectivity index (χ2n) is 8.15. The number of unbranched alkanes of at least 4 members (excludes halogenated alkanes) is 10. The van der Waals surface area contributed by atoms with Crippen molar-refractivity contribution in [3.05, 3.63) is 48.0 Å². The molecule has 0 saturated heterocycles. The van der Waals surface area contributed by atoms with Gasteiger partial charge in [-0.25, -0.2) is 0 Å². The van der Waals surface area contributed by atoms with Gasteiger partial charge in [-0.1, -0.05) is 83.3 Å². The maximum Gasteiger partial charge on any atom is 1.00 e. The van der Waals surface area contributed by atoms with E-state index in [4.69, 9.17) is 9.29 Å². The quantitative estimate of drug-likeness (QED) is 0.236. The van der Waals surface area contributed by atoms with E-state index in [-0.39, 0.29) is 57.1 Å². The minimum absolute atomic E-state index is 0. The van der Waals surface area contributed by atoms with Crippen LogP contribution in [0, 0.1) is 0 Å². The van der Waals surface area contributed by atoms with Crippen molar-refractivity contribution in [2.24, 2.45) is 0 Å². The zero-order chi connectivity index (χ0) is 22.5. The molecule has 1 N–H and O–H groups in total. The first-order valence-electron chi connectivity index (χ1n) is 11.4. The number of rotatable bonds is 15. The molecule has 0 unspecified atom stereocenters. The predicted molar refractivity (Wildman–Crippen MR) is 122 cm³/mol. The molecular formula is C25H35KO5S. The number of ether oxygens (including phenoxy) is 1. The molecule has 7 heteroatoms. The van der Waals surface area contributed by atoms with Crippen molar-refractivity contribution in [1.29, 1.82) is 0 Å². The normalized spacial score (nSPS) is 11.2. The molecule has 2 rings (SSSR count). The largest absolute Gasteiger partial charge is 1.00 e. The summed E-state index contributed by atoms with van der Waals surface area (Å²) in [6, 6.07) is 10.8. The summed E-state index contributed by atoms with van der Waals surface area (Å²) in [7, 11) is -4.46. The second-order valence-corrected chi connectivity index (χ2v) is 9.57. The van der Waals surface area contributed by atoms with Gasteiger partial charge < -0.3 is 9.84 Å². The van der Waals surface area contributed by atoms with Gasteiger partial charge in [0.1, 0.15) is 11.5 Å². The van der Waals surface area contributed by atoms with Gasteiger partial charge in [0.05, 0.1) is 4.90 Å². The molecule has 0 spiro atoms. The fourth-order valence-electron chi connectivity index (χ4n) is 3.65. The van der Waals surface area contributed by atoms with Crippen LogP contribution in [0.1, 0.15) is 83.1 Å². The van der Waals surface area contributed by atoms with E-state index in [9.17, 15) is 13.5 Å². The molecular weight excluding hydrogens is 451 g/mol. The van der Waals surface area contributed by atoms with Crippen LogP contribution in [-0.2, 0) is 16.5 Å². The van der Waals surface area contributed by atoms with Crippen LogP contribution in [0.4, 0.5) is 0 Å². The minimum atomic E-state index is -4.46. The van der Waals surface area contributed by atoms with Gasteiger partial charge in [-0.15, -0.1) is 5.75 Å². The number of aryl methyl sites for hydroxylation is 1. The molecule has 0 heterocycles. The summed E-state index contributed by atoms with van der Waals surface area (Å²) < 4.78 is 37.4. The third-order valence-electron chi connectivity index (χ3n) is 5.35. The van der Waals surface area contributed by atoms with Crippen molar-refractivity contribution in [3.63, 3.8) is 0 Å². The van der Waals surface area contributed by atoms with Gasteiger partial charge in [-0.3, -0.25) is 4.55 Å². The van der Waals surface area contributed by atoms with Crippen LogP contribution in [0.3, 0.4) is 0 Å². The Morgan fingerprint density at radius 2 is 1.41 bits per heavy atom. The van der Waals surface area contributed by atoms with Crippen molar-refractivity contribution >= 4 is 10.1 Å². The molecule has 0 fully saturated rings. The number of benzene rings is 2. The van der Waals surface area contributed by atoms with E-state index < -0.39 is 20.8 Å².